The molecule has 2 N–H and O–H groups in total. The Hall–Kier alpha value is -0.870. The molecular formula is C12H20O4. The topological polar surface area (TPSA) is 66.8 Å². The van der Waals surface area contributed by atoms with E-state index in [0.29, 0.717) is 12.8 Å². The third-order valence-electron chi connectivity index (χ3n) is 2.67. The number of esters is 1. The molecule has 1 heterocycles. The molecule has 0 saturated heterocycles. The maximum atomic E-state index is 11.4. The summed E-state index contributed by atoms with van der Waals surface area (Å²) in [6, 6.07) is 0. The summed E-state index contributed by atoms with van der Waals surface area (Å²) in [6.45, 7) is 1.95. The first kappa shape index (κ1) is 13.2. The lowest BCUT2D eigenvalue weighted by Gasteiger charge is -2.25. The minimum atomic E-state index is -1.03. The van der Waals surface area contributed by atoms with Crippen molar-refractivity contribution in [3.63, 3.8) is 0 Å². The zero-order valence-electron chi connectivity index (χ0n) is 9.63. The van der Waals surface area contributed by atoms with Gasteiger partial charge in [-0.05, 0) is 19.3 Å². The van der Waals surface area contributed by atoms with Crippen molar-refractivity contribution in [2.45, 2.75) is 57.3 Å². The fraction of sp³-hybridized carbons (Fsp3) is 0.750. The van der Waals surface area contributed by atoms with Crippen LogP contribution in [0.5, 0.6) is 0 Å². The predicted molar refractivity (Wildman–Crippen MR) is 59.8 cm³/mol. The first-order chi connectivity index (χ1) is 7.65. The van der Waals surface area contributed by atoms with Crippen LogP contribution in [0, 0.1) is 0 Å². The van der Waals surface area contributed by atoms with Gasteiger partial charge in [-0.3, -0.25) is 4.79 Å². The van der Waals surface area contributed by atoms with E-state index < -0.39 is 18.3 Å². The number of hydrogen-bond acceptors (Lipinski definition) is 4. The average Bonchev–Trinajstić information content (AvgIpc) is 2.26. The van der Waals surface area contributed by atoms with Crippen molar-refractivity contribution in [2.24, 2.45) is 0 Å². The Balaban J connectivity index is 2.72. The lowest BCUT2D eigenvalue weighted by molar-refractivity contribution is -0.159. The molecule has 1 aliphatic rings. The third-order valence-corrected chi connectivity index (χ3v) is 2.67. The molecule has 0 spiro atoms. The van der Waals surface area contributed by atoms with Crippen LogP contribution in [0.2, 0.25) is 0 Å². The fourth-order valence-corrected chi connectivity index (χ4v) is 1.75. The number of ether oxygens (including phenoxy) is 1. The molecule has 4 heteroatoms. The van der Waals surface area contributed by atoms with Crippen LogP contribution in [-0.4, -0.2) is 34.5 Å². The summed E-state index contributed by atoms with van der Waals surface area (Å²) in [6.07, 6.45) is 3.96. The van der Waals surface area contributed by atoms with E-state index in [4.69, 9.17) is 4.74 Å². The Labute approximate surface area is 95.9 Å². The van der Waals surface area contributed by atoms with Gasteiger partial charge in [0.1, 0.15) is 18.3 Å². The first-order valence-electron chi connectivity index (χ1n) is 5.87. The van der Waals surface area contributed by atoms with Gasteiger partial charge in [0.25, 0.3) is 0 Å². The standard InChI is InChI=1S/C12H20O4/c1-2-6-10-12(15)9(13)7-4-3-5-8-11(14)16-10/h4,7,9-10,12-13,15H,2-3,5-6,8H2,1H3. The van der Waals surface area contributed by atoms with Gasteiger partial charge >= 0.3 is 5.97 Å². The van der Waals surface area contributed by atoms with E-state index in [2.05, 4.69) is 0 Å². The minimum Gasteiger partial charge on any atom is -0.459 e. The van der Waals surface area contributed by atoms with Gasteiger partial charge in [-0.2, -0.15) is 0 Å². The van der Waals surface area contributed by atoms with E-state index in [1.165, 1.54) is 0 Å². The molecule has 0 aromatic rings. The molecule has 0 radical (unpaired) electrons. The molecule has 92 valence electrons. The molecular weight excluding hydrogens is 208 g/mol. The Bertz CT molecular complexity index is 249. The van der Waals surface area contributed by atoms with Crippen LogP contribution < -0.4 is 0 Å². The number of cyclic esters (lactones) is 1. The predicted octanol–water partition coefficient (Wildman–Crippen LogP) is 1.16. The zero-order valence-corrected chi connectivity index (χ0v) is 9.63. The minimum absolute atomic E-state index is 0.292. The second-order valence-electron chi connectivity index (χ2n) is 4.12. The average molecular weight is 228 g/mol. The molecule has 3 atom stereocenters. The largest absolute Gasteiger partial charge is 0.459 e. The number of hydrogen-bond donors (Lipinski definition) is 2. The Morgan fingerprint density at radius 3 is 2.94 bits per heavy atom. The fourth-order valence-electron chi connectivity index (χ4n) is 1.75. The highest BCUT2D eigenvalue weighted by Crippen LogP contribution is 2.15. The second kappa shape index (κ2) is 6.66. The maximum Gasteiger partial charge on any atom is 0.306 e. The van der Waals surface area contributed by atoms with Gasteiger partial charge in [-0.15, -0.1) is 0 Å². The van der Waals surface area contributed by atoms with Gasteiger partial charge in [0, 0.05) is 6.42 Å². The van der Waals surface area contributed by atoms with Gasteiger partial charge in [0.05, 0.1) is 0 Å². The zero-order chi connectivity index (χ0) is 12.0. The smallest absolute Gasteiger partial charge is 0.306 e. The van der Waals surface area contributed by atoms with Crippen LogP contribution in [0.3, 0.4) is 0 Å². The quantitative estimate of drug-likeness (QED) is 0.550. The van der Waals surface area contributed by atoms with Crippen molar-refractivity contribution in [1.29, 1.82) is 0 Å². The van der Waals surface area contributed by atoms with Gasteiger partial charge in [-0.25, -0.2) is 0 Å². The Morgan fingerprint density at radius 1 is 1.50 bits per heavy atom. The van der Waals surface area contributed by atoms with E-state index in [1.807, 2.05) is 6.92 Å². The van der Waals surface area contributed by atoms with Crippen LogP contribution in [-0.2, 0) is 9.53 Å². The molecule has 1 rings (SSSR count). The Kier molecular flexibility index (Phi) is 5.49. The summed E-state index contributed by atoms with van der Waals surface area (Å²) in [7, 11) is 0. The van der Waals surface area contributed by atoms with Crippen LogP contribution in [0.25, 0.3) is 0 Å². The highest BCUT2D eigenvalue weighted by Gasteiger charge is 2.27. The second-order valence-corrected chi connectivity index (χ2v) is 4.12. The van der Waals surface area contributed by atoms with Gasteiger partial charge in [0.15, 0.2) is 0 Å². The summed E-state index contributed by atoms with van der Waals surface area (Å²) < 4.78 is 5.17. The van der Waals surface area contributed by atoms with E-state index in [0.717, 1.165) is 19.3 Å². The molecule has 0 aromatic heterocycles. The lowest BCUT2D eigenvalue weighted by Crippen LogP contribution is -2.39. The van der Waals surface area contributed by atoms with Crippen LogP contribution >= 0.6 is 0 Å². The molecule has 0 aromatic carbocycles. The maximum absolute atomic E-state index is 11.4. The van der Waals surface area contributed by atoms with Crippen LogP contribution in [0.4, 0.5) is 0 Å². The molecule has 16 heavy (non-hydrogen) atoms. The highest BCUT2D eigenvalue weighted by atomic mass is 16.6. The Morgan fingerprint density at radius 2 is 2.25 bits per heavy atom. The summed E-state index contributed by atoms with van der Waals surface area (Å²) in [5.74, 6) is -0.292. The molecule has 0 amide bonds. The molecule has 1 aliphatic heterocycles. The number of rotatable bonds is 2. The first-order valence-corrected chi connectivity index (χ1v) is 5.87. The summed E-state index contributed by atoms with van der Waals surface area (Å²) >= 11 is 0. The van der Waals surface area contributed by atoms with Crippen LogP contribution in [0.15, 0.2) is 12.2 Å². The van der Waals surface area contributed by atoms with Crippen molar-refractivity contribution in [1.82, 2.24) is 0 Å². The van der Waals surface area contributed by atoms with Gasteiger partial charge < -0.3 is 14.9 Å². The van der Waals surface area contributed by atoms with Crippen molar-refractivity contribution < 1.29 is 19.7 Å². The van der Waals surface area contributed by atoms with Crippen molar-refractivity contribution in [2.75, 3.05) is 0 Å². The molecule has 0 aliphatic carbocycles. The highest BCUT2D eigenvalue weighted by molar-refractivity contribution is 5.69. The molecule has 0 fully saturated rings. The lowest BCUT2D eigenvalue weighted by atomic mass is 10.0. The summed E-state index contributed by atoms with van der Waals surface area (Å²) in [4.78, 5) is 11.4. The third kappa shape index (κ3) is 3.94. The van der Waals surface area contributed by atoms with Gasteiger partial charge in [-0.1, -0.05) is 25.5 Å². The number of carbonyl (C=O) groups excluding carboxylic acids is 1. The number of aliphatic hydroxyl groups is 2. The SMILES string of the molecule is CCCC1OC(=O)CCCC=CC(O)C1O. The van der Waals surface area contributed by atoms with E-state index in [1.54, 1.807) is 12.2 Å². The van der Waals surface area contributed by atoms with Crippen LogP contribution in [0.1, 0.15) is 39.0 Å². The van der Waals surface area contributed by atoms with Crippen molar-refractivity contribution in [3.8, 4) is 0 Å². The van der Waals surface area contributed by atoms with E-state index >= 15 is 0 Å². The monoisotopic (exact) mass is 228 g/mol. The summed E-state index contributed by atoms with van der Waals surface area (Å²) in [5, 5.41) is 19.5. The number of carbonyl (C=O) groups is 1. The van der Waals surface area contributed by atoms with E-state index in [-0.39, 0.29) is 5.97 Å². The molecule has 0 saturated carbocycles. The molecule has 0 bridgehead atoms. The molecule has 3 unspecified atom stereocenters. The van der Waals surface area contributed by atoms with Gasteiger partial charge in [0.2, 0.25) is 0 Å². The summed E-state index contributed by atoms with van der Waals surface area (Å²) in [5.41, 5.74) is 0. The molecule has 4 nitrogen and oxygen atoms in total. The van der Waals surface area contributed by atoms with Crippen molar-refractivity contribution >= 4 is 5.97 Å². The normalized spacial score (nSPS) is 32.2. The van der Waals surface area contributed by atoms with E-state index in [9.17, 15) is 15.0 Å². The van der Waals surface area contributed by atoms with Crippen molar-refractivity contribution in [3.05, 3.63) is 12.2 Å². The number of aliphatic hydroxyl groups excluding tert-OH is 2. The number of allylic oxidation sites excluding steroid dienone is 1.